The molecule has 0 spiro atoms. The maximum Gasteiger partial charge on any atom is 0.234 e. The molecule has 1 atom stereocenters. The van der Waals surface area contributed by atoms with Crippen LogP contribution in [-0.2, 0) is 9.53 Å². The molecule has 2 aliphatic rings. The summed E-state index contributed by atoms with van der Waals surface area (Å²) in [5.74, 6) is 0.0936. The summed E-state index contributed by atoms with van der Waals surface area (Å²) >= 11 is 0. The second-order valence-corrected chi connectivity index (χ2v) is 5.63. The van der Waals surface area contributed by atoms with Crippen molar-refractivity contribution in [3.05, 3.63) is 0 Å². The Morgan fingerprint density at radius 1 is 1.20 bits per heavy atom. The van der Waals surface area contributed by atoms with Crippen LogP contribution in [0.2, 0.25) is 0 Å². The zero-order valence-electron chi connectivity index (χ0n) is 12.2. The minimum absolute atomic E-state index is 0.0936. The molecule has 1 unspecified atom stereocenters. The third-order valence-corrected chi connectivity index (χ3v) is 4.02. The molecule has 2 aliphatic heterocycles. The van der Waals surface area contributed by atoms with Crippen molar-refractivity contribution in [1.29, 1.82) is 0 Å². The van der Waals surface area contributed by atoms with Gasteiger partial charge >= 0.3 is 0 Å². The van der Waals surface area contributed by atoms with Gasteiger partial charge in [0.1, 0.15) is 0 Å². The third kappa shape index (κ3) is 5.36. The van der Waals surface area contributed by atoms with Crippen LogP contribution in [0, 0.1) is 0 Å². The normalized spacial score (nSPS) is 25.6. The van der Waals surface area contributed by atoms with Gasteiger partial charge in [0.2, 0.25) is 5.91 Å². The lowest BCUT2D eigenvalue weighted by molar-refractivity contribution is -0.122. The van der Waals surface area contributed by atoms with Crippen LogP contribution in [0.15, 0.2) is 0 Å². The molecule has 116 valence electrons. The summed E-state index contributed by atoms with van der Waals surface area (Å²) in [7, 11) is 0. The number of nitrogens with one attached hydrogen (secondary N) is 1. The summed E-state index contributed by atoms with van der Waals surface area (Å²) in [6.45, 7) is 6.67. The van der Waals surface area contributed by atoms with Gasteiger partial charge in [-0.05, 0) is 32.4 Å². The fourth-order valence-corrected chi connectivity index (χ4v) is 2.84. The number of amides is 1. The number of hydrogen-bond acceptors (Lipinski definition) is 5. The fraction of sp³-hybridized carbons (Fsp3) is 0.929. The van der Waals surface area contributed by atoms with E-state index in [1.54, 1.807) is 0 Å². The molecule has 0 radical (unpaired) electrons. The van der Waals surface area contributed by atoms with Crippen LogP contribution < -0.4 is 5.32 Å². The SMILES string of the molecule is O=C(CN1CCCN(CCO)CC1)NCC1CCCO1. The topological polar surface area (TPSA) is 65.0 Å². The molecule has 20 heavy (non-hydrogen) atoms. The predicted octanol–water partition coefficient (Wildman–Crippen LogP) is -0.718. The zero-order valence-corrected chi connectivity index (χ0v) is 12.2. The van der Waals surface area contributed by atoms with Crippen molar-refractivity contribution in [2.24, 2.45) is 0 Å². The van der Waals surface area contributed by atoms with E-state index in [1.165, 1.54) is 0 Å². The quantitative estimate of drug-likeness (QED) is 0.674. The van der Waals surface area contributed by atoms with E-state index in [0.29, 0.717) is 13.1 Å². The molecule has 1 amide bonds. The summed E-state index contributed by atoms with van der Waals surface area (Å²) in [5, 5.41) is 11.9. The van der Waals surface area contributed by atoms with E-state index < -0.39 is 0 Å². The average Bonchev–Trinajstić information content (AvgIpc) is 2.86. The Morgan fingerprint density at radius 3 is 2.75 bits per heavy atom. The van der Waals surface area contributed by atoms with Crippen LogP contribution >= 0.6 is 0 Å². The van der Waals surface area contributed by atoms with Crippen molar-refractivity contribution >= 4 is 5.91 Å². The zero-order chi connectivity index (χ0) is 14.2. The van der Waals surface area contributed by atoms with E-state index in [-0.39, 0.29) is 18.6 Å². The summed E-state index contributed by atoms with van der Waals surface area (Å²) < 4.78 is 5.50. The number of hydrogen-bond donors (Lipinski definition) is 2. The molecule has 0 saturated carbocycles. The highest BCUT2D eigenvalue weighted by atomic mass is 16.5. The van der Waals surface area contributed by atoms with E-state index in [0.717, 1.165) is 58.6 Å². The third-order valence-electron chi connectivity index (χ3n) is 4.02. The smallest absolute Gasteiger partial charge is 0.234 e. The summed E-state index contributed by atoms with van der Waals surface area (Å²) in [4.78, 5) is 16.4. The lowest BCUT2D eigenvalue weighted by Gasteiger charge is -2.21. The van der Waals surface area contributed by atoms with Crippen LogP contribution in [-0.4, -0.2) is 85.9 Å². The molecule has 2 heterocycles. The van der Waals surface area contributed by atoms with E-state index in [9.17, 15) is 4.79 Å². The van der Waals surface area contributed by atoms with E-state index in [1.807, 2.05) is 0 Å². The highest BCUT2D eigenvalue weighted by Crippen LogP contribution is 2.10. The second kappa shape index (κ2) is 8.56. The van der Waals surface area contributed by atoms with Gasteiger partial charge in [0.25, 0.3) is 0 Å². The van der Waals surface area contributed by atoms with Gasteiger partial charge in [0.15, 0.2) is 0 Å². The molecule has 0 bridgehead atoms. The molecule has 0 aliphatic carbocycles. The molecular weight excluding hydrogens is 258 g/mol. The molecule has 0 aromatic carbocycles. The lowest BCUT2D eigenvalue weighted by atomic mass is 10.2. The van der Waals surface area contributed by atoms with Crippen molar-refractivity contribution in [1.82, 2.24) is 15.1 Å². The molecule has 6 nitrogen and oxygen atoms in total. The summed E-state index contributed by atoms with van der Waals surface area (Å²) in [5.41, 5.74) is 0. The molecule has 6 heteroatoms. The number of ether oxygens (including phenoxy) is 1. The molecule has 0 aromatic heterocycles. The maximum absolute atomic E-state index is 11.9. The van der Waals surface area contributed by atoms with Gasteiger partial charge in [-0.2, -0.15) is 0 Å². The van der Waals surface area contributed by atoms with Crippen molar-refractivity contribution in [2.75, 3.05) is 59.0 Å². The van der Waals surface area contributed by atoms with Gasteiger partial charge in [-0.1, -0.05) is 0 Å². The van der Waals surface area contributed by atoms with Crippen LogP contribution in [0.1, 0.15) is 19.3 Å². The van der Waals surface area contributed by atoms with Crippen molar-refractivity contribution in [2.45, 2.75) is 25.4 Å². The molecular formula is C14H27N3O3. The monoisotopic (exact) mass is 285 g/mol. The van der Waals surface area contributed by atoms with E-state index >= 15 is 0 Å². The summed E-state index contributed by atoms with van der Waals surface area (Å²) in [6, 6.07) is 0. The van der Waals surface area contributed by atoms with Crippen LogP contribution in [0.5, 0.6) is 0 Å². The maximum atomic E-state index is 11.9. The Labute approximate surface area is 121 Å². The van der Waals surface area contributed by atoms with Crippen molar-refractivity contribution < 1.29 is 14.6 Å². The summed E-state index contributed by atoms with van der Waals surface area (Å²) in [6.07, 6.45) is 3.43. The standard InChI is InChI=1S/C14H27N3O3/c18-9-8-16-4-2-5-17(7-6-16)12-14(19)15-11-13-3-1-10-20-13/h13,18H,1-12H2,(H,15,19). The Kier molecular flexibility index (Phi) is 6.72. The minimum atomic E-state index is 0.0936. The number of carbonyl (C=O) groups excluding carboxylic acids is 1. The van der Waals surface area contributed by atoms with Crippen molar-refractivity contribution in [3.8, 4) is 0 Å². The first-order valence-corrected chi connectivity index (χ1v) is 7.72. The Balaban J connectivity index is 1.63. The van der Waals surface area contributed by atoms with Gasteiger partial charge in [0, 0.05) is 32.8 Å². The number of rotatable bonds is 6. The van der Waals surface area contributed by atoms with Crippen LogP contribution in [0.3, 0.4) is 0 Å². The Bertz CT molecular complexity index is 295. The molecule has 2 saturated heterocycles. The molecule has 0 aromatic rings. The average molecular weight is 285 g/mol. The minimum Gasteiger partial charge on any atom is -0.395 e. The first-order chi connectivity index (χ1) is 9.78. The highest BCUT2D eigenvalue weighted by molar-refractivity contribution is 5.78. The number of β-amino-alcohol motifs (C(OH)–C–C–N with tert-alkyl or cyclic N) is 1. The molecule has 2 rings (SSSR count). The number of aliphatic hydroxyl groups is 1. The first kappa shape index (κ1) is 15.7. The Hall–Kier alpha value is -0.690. The largest absolute Gasteiger partial charge is 0.395 e. The number of aliphatic hydroxyl groups excluding tert-OH is 1. The van der Waals surface area contributed by atoms with Gasteiger partial charge in [-0.25, -0.2) is 0 Å². The first-order valence-electron chi connectivity index (χ1n) is 7.72. The van der Waals surface area contributed by atoms with Gasteiger partial charge in [-0.15, -0.1) is 0 Å². The van der Waals surface area contributed by atoms with Crippen LogP contribution in [0.4, 0.5) is 0 Å². The predicted molar refractivity (Wildman–Crippen MR) is 76.6 cm³/mol. The Morgan fingerprint density at radius 2 is 2.00 bits per heavy atom. The number of carbonyl (C=O) groups is 1. The van der Waals surface area contributed by atoms with Crippen molar-refractivity contribution in [3.63, 3.8) is 0 Å². The lowest BCUT2D eigenvalue weighted by Crippen LogP contribution is -2.41. The van der Waals surface area contributed by atoms with Crippen LogP contribution in [0.25, 0.3) is 0 Å². The fourth-order valence-electron chi connectivity index (χ4n) is 2.84. The van der Waals surface area contributed by atoms with Gasteiger partial charge in [0.05, 0.1) is 19.3 Å². The molecule has 2 fully saturated rings. The number of nitrogens with zero attached hydrogens (tertiary/aromatic N) is 2. The van der Waals surface area contributed by atoms with Gasteiger partial charge < -0.3 is 15.2 Å². The second-order valence-electron chi connectivity index (χ2n) is 5.63. The van der Waals surface area contributed by atoms with E-state index in [2.05, 4.69) is 15.1 Å². The highest BCUT2D eigenvalue weighted by Gasteiger charge is 2.19. The van der Waals surface area contributed by atoms with E-state index in [4.69, 9.17) is 9.84 Å². The van der Waals surface area contributed by atoms with Gasteiger partial charge in [-0.3, -0.25) is 14.6 Å². The molecule has 2 N–H and O–H groups in total.